The van der Waals surface area contributed by atoms with Gasteiger partial charge >= 0.3 is 10.5 Å². The number of benzene rings is 1. The van der Waals surface area contributed by atoms with E-state index in [0.717, 1.165) is 16.6 Å². The molecule has 120 valence electrons. The third-order valence-corrected chi connectivity index (χ3v) is 4.00. The SMILES string of the molecule is Cc1c(C)n(-c2ccc(OS(=O)(=O)F)cc2)c2ncnc(N)c12. The van der Waals surface area contributed by atoms with Gasteiger partial charge in [0, 0.05) is 11.4 Å². The van der Waals surface area contributed by atoms with Crippen LogP contribution in [0.15, 0.2) is 30.6 Å². The number of hydrogen-bond donors (Lipinski definition) is 1. The molecule has 3 aromatic rings. The number of hydrogen-bond acceptors (Lipinski definition) is 6. The van der Waals surface area contributed by atoms with Crippen LogP contribution in [-0.4, -0.2) is 23.0 Å². The van der Waals surface area contributed by atoms with Crippen molar-refractivity contribution in [3.63, 3.8) is 0 Å². The molecule has 2 heterocycles. The number of rotatable bonds is 3. The molecule has 7 nitrogen and oxygen atoms in total. The number of fused-ring (bicyclic) bond motifs is 1. The first-order chi connectivity index (χ1) is 10.8. The number of anilines is 1. The third-order valence-electron chi connectivity index (χ3n) is 3.61. The molecule has 0 atom stereocenters. The summed E-state index contributed by atoms with van der Waals surface area (Å²) in [6.07, 6.45) is 1.38. The third kappa shape index (κ3) is 2.70. The molecule has 1 aromatic carbocycles. The molecule has 0 unspecified atom stereocenters. The van der Waals surface area contributed by atoms with Crippen LogP contribution >= 0.6 is 0 Å². The fourth-order valence-electron chi connectivity index (χ4n) is 2.51. The first-order valence-electron chi connectivity index (χ1n) is 6.60. The highest BCUT2D eigenvalue weighted by Crippen LogP contribution is 2.30. The molecule has 2 aromatic heterocycles. The van der Waals surface area contributed by atoms with E-state index in [0.29, 0.717) is 17.2 Å². The summed E-state index contributed by atoms with van der Waals surface area (Å²) in [5.74, 6) is 0.272. The largest absolute Gasteiger partial charge is 0.488 e. The predicted molar refractivity (Wildman–Crippen MR) is 83.4 cm³/mol. The predicted octanol–water partition coefficient (Wildman–Crippen LogP) is 2.21. The summed E-state index contributed by atoms with van der Waals surface area (Å²) < 4.78 is 39.6. The Kier molecular flexibility index (Phi) is 3.44. The Balaban J connectivity index is 2.14. The van der Waals surface area contributed by atoms with Gasteiger partial charge in [0.25, 0.3) is 0 Å². The zero-order chi connectivity index (χ0) is 16.8. The lowest BCUT2D eigenvalue weighted by Gasteiger charge is -2.08. The first kappa shape index (κ1) is 15.2. The lowest BCUT2D eigenvalue weighted by Crippen LogP contribution is -2.02. The van der Waals surface area contributed by atoms with Gasteiger partial charge in [-0.1, -0.05) is 3.89 Å². The second-order valence-electron chi connectivity index (χ2n) is 4.97. The number of nitrogens with two attached hydrogens (primary N) is 1. The summed E-state index contributed by atoms with van der Waals surface area (Å²) in [6, 6.07) is 5.92. The molecule has 2 N–H and O–H groups in total. The van der Waals surface area contributed by atoms with Gasteiger partial charge in [-0.2, -0.15) is 8.42 Å². The molecular formula is C14H13FN4O3S. The zero-order valence-electron chi connectivity index (χ0n) is 12.3. The Morgan fingerprint density at radius 1 is 1.17 bits per heavy atom. The van der Waals surface area contributed by atoms with Crippen LogP contribution in [-0.2, 0) is 10.5 Å². The number of halogens is 1. The van der Waals surface area contributed by atoms with Gasteiger partial charge in [0.05, 0.1) is 5.39 Å². The Morgan fingerprint density at radius 3 is 2.43 bits per heavy atom. The highest BCUT2D eigenvalue weighted by molar-refractivity contribution is 7.81. The zero-order valence-corrected chi connectivity index (χ0v) is 13.1. The van der Waals surface area contributed by atoms with E-state index >= 15 is 0 Å². The Bertz CT molecular complexity index is 997. The number of nitrogen functional groups attached to an aromatic ring is 1. The van der Waals surface area contributed by atoms with Crippen molar-refractivity contribution >= 4 is 27.4 Å². The summed E-state index contributed by atoms with van der Waals surface area (Å²) in [4.78, 5) is 8.26. The second kappa shape index (κ2) is 5.20. The van der Waals surface area contributed by atoms with Crippen LogP contribution < -0.4 is 9.92 Å². The van der Waals surface area contributed by atoms with Gasteiger partial charge in [-0.25, -0.2) is 9.97 Å². The first-order valence-corrected chi connectivity index (χ1v) is 7.91. The van der Waals surface area contributed by atoms with E-state index in [2.05, 4.69) is 14.2 Å². The van der Waals surface area contributed by atoms with Crippen molar-refractivity contribution in [1.29, 1.82) is 0 Å². The van der Waals surface area contributed by atoms with Crippen LogP contribution in [0.3, 0.4) is 0 Å². The molecule has 0 radical (unpaired) electrons. The summed E-state index contributed by atoms with van der Waals surface area (Å²) in [5.41, 5.74) is 9.13. The van der Waals surface area contributed by atoms with Crippen molar-refractivity contribution in [3.05, 3.63) is 41.9 Å². The van der Waals surface area contributed by atoms with Crippen molar-refractivity contribution in [3.8, 4) is 11.4 Å². The maximum atomic E-state index is 12.5. The fourth-order valence-corrected chi connectivity index (χ4v) is 2.85. The van der Waals surface area contributed by atoms with Crippen molar-refractivity contribution in [2.24, 2.45) is 0 Å². The molecule has 9 heteroatoms. The smallest absolute Gasteiger partial charge is 0.383 e. The minimum atomic E-state index is -5.04. The van der Waals surface area contributed by atoms with E-state index in [1.165, 1.54) is 18.5 Å². The molecule has 0 spiro atoms. The molecule has 0 aliphatic carbocycles. The summed E-state index contributed by atoms with van der Waals surface area (Å²) in [6.45, 7) is 3.83. The molecule has 0 saturated carbocycles. The molecule has 0 saturated heterocycles. The maximum absolute atomic E-state index is 12.5. The van der Waals surface area contributed by atoms with Crippen LogP contribution in [0.1, 0.15) is 11.3 Å². The number of aryl methyl sites for hydroxylation is 1. The molecule has 0 aliphatic rings. The highest BCUT2D eigenvalue weighted by Gasteiger charge is 2.16. The molecule has 23 heavy (non-hydrogen) atoms. The molecule has 0 amide bonds. The molecular weight excluding hydrogens is 323 g/mol. The average molecular weight is 336 g/mol. The van der Waals surface area contributed by atoms with E-state index in [1.54, 1.807) is 12.1 Å². The van der Waals surface area contributed by atoms with Gasteiger partial charge in [0.1, 0.15) is 17.9 Å². The fraction of sp³-hybridized carbons (Fsp3) is 0.143. The van der Waals surface area contributed by atoms with Crippen LogP contribution in [0.5, 0.6) is 5.75 Å². The van der Waals surface area contributed by atoms with Crippen molar-refractivity contribution in [2.75, 3.05) is 5.73 Å². The van der Waals surface area contributed by atoms with Crippen LogP contribution in [0.2, 0.25) is 0 Å². The summed E-state index contributed by atoms with van der Waals surface area (Å²) in [5, 5.41) is 0.761. The van der Waals surface area contributed by atoms with Gasteiger partial charge < -0.3 is 9.92 Å². The molecule has 0 fully saturated rings. The van der Waals surface area contributed by atoms with Gasteiger partial charge in [-0.3, -0.25) is 4.57 Å². The quantitative estimate of drug-likeness (QED) is 0.736. The lowest BCUT2D eigenvalue weighted by molar-refractivity contribution is 0.440. The number of aromatic nitrogens is 3. The van der Waals surface area contributed by atoms with E-state index in [9.17, 15) is 12.3 Å². The minimum Gasteiger partial charge on any atom is -0.383 e. The monoisotopic (exact) mass is 336 g/mol. The van der Waals surface area contributed by atoms with Crippen molar-refractivity contribution in [1.82, 2.24) is 14.5 Å². The highest BCUT2D eigenvalue weighted by atomic mass is 32.3. The van der Waals surface area contributed by atoms with Crippen LogP contribution in [0.25, 0.3) is 16.7 Å². The van der Waals surface area contributed by atoms with Crippen LogP contribution in [0, 0.1) is 13.8 Å². The van der Waals surface area contributed by atoms with E-state index in [4.69, 9.17) is 5.73 Å². The standard InChI is InChI=1S/C14H13FN4O3S/c1-8-9(2)19(14-12(8)13(16)17-7-18-14)10-3-5-11(6-4-10)22-23(15,20)21/h3-7H,1-2H3,(H2,16,17,18). The Morgan fingerprint density at radius 2 is 1.83 bits per heavy atom. The summed E-state index contributed by atoms with van der Waals surface area (Å²) >= 11 is 0. The topological polar surface area (TPSA) is 100 Å². The lowest BCUT2D eigenvalue weighted by atomic mass is 10.2. The van der Waals surface area contributed by atoms with Crippen molar-refractivity contribution < 1.29 is 16.5 Å². The Hall–Kier alpha value is -2.68. The maximum Gasteiger partial charge on any atom is 0.488 e. The minimum absolute atomic E-state index is 0.115. The van der Waals surface area contributed by atoms with E-state index < -0.39 is 10.5 Å². The average Bonchev–Trinajstić information content (AvgIpc) is 2.72. The van der Waals surface area contributed by atoms with Gasteiger partial charge in [-0.05, 0) is 43.7 Å². The van der Waals surface area contributed by atoms with Gasteiger partial charge in [0.2, 0.25) is 0 Å². The van der Waals surface area contributed by atoms with Crippen LogP contribution in [0.4, 0.5) is 9.70 Å². The van der Waals surface area contributed by atoms with Gasteiger partial charge in [-0.15, -0.1) is 0 Å². The van der Waals surface area contributed by atoms with Crippen molar-refractivity contribution in [2.45, 2.75) is 13.8 Å². The van der Waals surface area contributed by atoms with Gasteiger partial charge in [0.15, 0.2) is 5.65 Å². The molecule has 0 bridgehead atoms. The number of nitrogens with zero attached hydrogens (tertiary/aromatic N) is 3. The molecule has 3 rings (SSSR count). The normalized spacial score (nSPS) is 11.8. The van der Waals surface area contributed by atoms with E-state index in [-0.39, 0.29) is 5.75 Å². The second-order valence-corrected chi connectivity index (χ2v) is 5.93. The summed E-state index contributed by atoms with van der Waals surface area (Å²) in [7, 11) is -5.04. The Labute approximate surface area is 132 Å². The van der Waals surface area contributed by atoms with E-state index in [1.807, 2.05) is 18.4 Å². The molecule has 0 aliphatic heterocycles.